The van der Waals surface area contributed by atoms with Gasteiger partial charge in [0.2, 0.25) is 0 Å². The maximum absolute atomic E-state index is 13.0. The third-order valence-electron chi connectivity index (χ3n) is 3.61. The van der Waals surface area contributed by atoms with E-state index in [9.17, 15) is 4.39 Å². The Kier molecular flexibility index (Phi) is 7.64. The van der Waals surface area contributed by atoms with Crippen LogP contribution in [-0.2, 0) is 13.0 Å². The molecule has 0 radical (unpaired) electrons. The highest BCUT2D eigenvalue weighted by atomic mass is 19.1. The first-order chi connectivity index (χ1) is 10.8. The number of hydrogen-bond acceptors (Lipinski definition) is 2. The van der Waals surface area contributed by atoms with E-state index in [1.165, 1.54) is 24.5 Å². The lowest BCUT2D eigenvalue weighted by molar-refractivity contribution is 0.581. The molecule has 0 saturated carbocycles. The Hall–Kier alpha value is -1.71. The van der Waals surface area contributed by atoms with Crippen LogP contribution in [0, 0.1) is 5.82 Å². The molecule has 0 spiro atoms. The number of unbranched alkanes of at least 4 members (excludes halogenated alkanes) is 1. The van der Waals surface area contributed by atoms with Gasteiger partial charge in [-0.1, -0.05) is 42.5 Å². The molecule has 118 valence electrons. The van der Waals surface area contributed by atoms with E-state index in [0.29, 0.717) is 6.54 Å². The molecule has 0 aromatic heterocycles. The Labute approximate surface area is 132 Å². The second-order valence-corrected chi connectivity index (χ2v) is 5.50. The van der Waals surface area contributed by atoms with Crippen LogP contribution in [0.1, 0.15) is 24.0 Å². The molecule has 0 unspecified atom stereocenters. The Balaban J connectivity index is 1.43. The molecule has 0 aliphatic heterocycles. The largest absolute Gasteiger partial charge is 0.315 e. The van der Waals surface area contributed by atoms with Crippen LogP contribution in [0.3, 0.4) is 0 Å². The highest BCUT2D eigenvalue weighted by Gasteiger charge is 1.95. The first kappa shape index (κ1) is 16.7. The maximum atomic E-state index is 13.0. The molecule has 2 N–H and O–H groups in total. The monoisotopic (exact) mass is 300 g/mol. The van der Waals surface area contributed by atoms with Gasteiger partial charge in [0.15, 0.2) is 0 Å². The summed E-state index contributed by atoms with van der Waals surface area (Å²) in [6.07, 6.45) is 3.56. The summed E-state index contributed by atoms with van der Waals surface area (Å²) < 4.78 is 13.0. The molecule has 0 aliphatic carbocycles. The lowest BCUT2D eigenvalue weighted by Gasteiger charge is -2.07. The van der Waals surface area contributed by atoms with Crippen molar-refractivity contribution < 1.29 is 4.39 Å². The zero-order valence-corrected chi connectivity index (χ0v) is 13.0. The van der Waals surface area contributed by atoms with Crippen molar-refractivity contribution >= 4 is 0 Å². The van der Waals surface area contributed by atoms with Crippen molar-refractivity contribution in [1.29, 1.82) is 0 Å². The third kappa shape index (κ3) is 6.83. The smallest absolute Gasteiger partial charge is 0.123 e. The number of hydrogen-bond donors (Lipinski definition) is 2. The molecule has 0 amide bonds. The van der Waals surface area contributed by atoms with Crippen molar-refractivity contribution in [2.45, 2.75) is 25.8 Å². The molecule has 0 bridgehead atoms. The molecule has 3 heteroatoms. The van der Waals surface area contributed by atoms with Gasteiger partial charge in [-0.05, 0) is 49.1 Å². The predicted molar refractivity (Wildman–Crippen MR) is 90.4 cm³/mol. The fourth-order valence-electron chi connectivity index (χ4n) is 2.41. The van der Waals surface area contributed by atoms with Crippen molar-refractivity contribution in [2.24, 2.45) is 0 Å². The number of aryl methyl sites for hydroxylation is 1. The molecule has 2 nitrogen and oxygen atoms in total. The third-order valence-corrected chi connectivity index (χ3v) is 3.61. The van der Waals surface area contributed by atoms with Crippen LogP contribution < -0.4 is 10.6 Å². The van der Waals surface area contributed by atoms with E-state index in [-0.39, 0.29) is 5.82 Å². The Morgan fingerprint density at radius 1 is 0.727 bits per heavy atom. The minimum atomic E-state index is -0.171. The van der Waals surface area contributed by atoms with Crippen LogP contribution in [0.25, 0.3) is 0 Å². The van der Waals surface area contributed by atoms with Gasteiger partial charge in [-0.25, -0.2) is 4.39 Å². The van der Waals surface area contributed by atoms with Gasteiger partial charge in [-0.3, -0.25) is 0 Å². The van der Waals surface area contributed by atoms with Crippen molar-refractivity contribution in [3.8, 4) is 0 Å². The Morgan fingerprint density at radius 3 is 2.32 bits per heavy atom. The van der Waals surface area contributed by atoms with Gasteiger partial charge in [0.1, 0.15) is 5.82 Å². The lowest BCUT2D eigenvalue weighted by atomic mass is 10.1. The van der Waals surface area contributed by atoms with Crippen molar-refractivity contribution in [2.75, 3.05) is 19.6 Å². The van der Waals surface area contributed by atoms with Crippen LogP contribution in [0.2, 0.25) is 0 Å². The quantitative estimate of drug-likeness (QED) is 0.656. The van der Waals surface area contributed by atoms with E-state index in [2.05, 4.69) is 41.0 Å². The van der Waals surface area contributed by atoms with Crippen molar-refractivity contribution in [3.63, 3.8) is 0 Å². The van der Waals surface area contributed by atoms with Gasteiger partial charge >= 0.3 is 0 Å². The van der Waals surface area contributed by atoms with E-state index in [1.54, 1.807) is 12.1 Å². The average Bonchev–Trinajstić information content (AvgIpc) is 2.54. The minimum Gasteiger partial charge on any atom is -0.315 e. The standard InChI is InChI=1S/C19H25FN2/c20-19-11-6-10-18(15-19)16-22-14-13-21-12-5-4-9-17-7-2-1-3-8-17/h1-3,6-8,10-11,15,21-22H,4-5,9,12-14,16H2. The average molecular weight is 300 g/mol. The van der Waals surface area contributed by atoms with Gasteiger partial charge in [-0.2, -0.15) is 0 Å². The van der Waals surface area contributed by atoms with Gasteiger partial charge in [-0.15, -0.1) is 0 Å². The second-order valence-electron chi connectivity index (χ2n) is 5.50. The van der Waals surface area contributed by atoms with E-state index in [0.717, 1.165) is 31.6 Å². The first-order valence-electron chi connectivity index (χ1n) is 8.04. The predicted octanol–water partition coefficient (Wildman–Crippen LogP) is 3.53. The number of nitrogens with one attached hydrogen (secondary N) is 2. The fourth-order valence-corrected chi connectivity index (χ4v) is 2.41. The van der Waals surface area contributed by atoms with Crippen LogP contribution in [0.4, 0.5) is 4.39 Å². The van der Waals surface area contributed by atoms with E-state index >= 15 is 0 Å². The zero-order chi connectivity index (χ0) is 15.5. The molecular formula is C19H25FN2. The zero-order valence-electron chi connectivity index (χ0n) is 13.0. The summed E-state index contributed by atoms with van der Waals surface area (Å²) in [5.41, 5.74) is 2.40. The second kappa shape index (κ2) is 10.1. The number of benzene rings is 2. The highest BCUT2D eigenvalue weighted by molar-refractivity contribution is 5.16. The van der Waals surface area contributed by atoms with Crippen molar-refractivity contribution in [1.82, 2.24) is 10.6 Å². The van der Waals surface area contributed by atoms with Gasteiger partial charge in [0.25, 0.3) is 0 Å². The van der Waals surface area contributed by atoms with Crippen LogP contribution >= 0.6 is 0 Å². The Bertz CT molecular complexity index is 528. The fraction of sp³-hybridized carbons (Fsp3) is 0.368. The van der Waals surface area contributed by atoms with Crippen molar-refractivity contribution in [3.05, 3.63) is 71.5 Å². The SMILES string of the molecule is Fc1cccc(CNCCNCCCCc2ccccc2)c1. The summed E-state index contributed by atoms with van der Waals surface area (Å²) >= 11 is 0. The molecule has 22 heavy (non-hydrogen) atoms. The van der Waals surface area contributed by atoms with Gasteiger partial charge in [0.05, 0.1) is 0 Å². The molecule has 2 aromatic rings. The van der Waals surface area contributed by atoms with Crippen LogP contribution in [0.5, 0.6) is 0 Å². The minimum absolute atomic E-state index is 0.171. The summed E-state index contributed by atoms with van der Waals surface area (Å²) in [6, 6.07) is 17.3. The van der Waals surface area contributed by atoms with Gasteiger partial charge in [0, 0.05) is 19.6 Å². The molecule has 2 rings (SSSR count). The summed E-state index contributed by atoms with van der Waals surface area (Å²) in [6.45, 7) is 3.61. The number of halogens is 1. The lowest BCUT2D eigenvalue weighted by Crippen LogP contribution is -2.27. The molecule has 0 fully saturated rings. The van der Waals surface area contributed by atoms with E-state index in [1.807, 2.05) is 6.07 Å². The van der Waals surface area contributed by atoms with Gasteiger partial charge < -0.3 is 10.6 Å². The first-order valence-corrected chi connectivity index (χ1v) is 8.04. The van der Waals surface area contributed by atoms with Crippen LogP contribution in [0.15, 0.2) is 54.6 Å². The topological polar surface area (TPSA) is 24.1 Å². The summed E-state index contributed by atoms with van der Waals surface area (Å²) in [5.74, 6) is -0.171. The molecule has 0 heterocycles. The molecule has 0 saturated heterocycles. The highest BCUT2D eigenvalue weighted by Crippen LogP contribution is 2.04. The summed E-state index contributed by atoms with van der Waals surface area (Å²) in [7, 11) is 0. The molecular weight excluding hydrogens is 275 g/mol. The summed E-state index contributed by atoms with van der Waals surface area (Å²) in [5, 5.41) is 6.75. The molecule has 0 atom stereocenters. The molecule has 2 aromatic carbocycles. The number of rotatable bonds is 10. The Morgan fingerprint density at radius 2 is 1.50 bits per heavy atom. The van der Waals surface area contributed by atoms with E-state index in [4.69, 9.17) is 0 Å². The normalized spacial score (nSPS) is 10.8. The van der Waals surface area contributed by atoms with E-state index < -0.39 is 0 Å². The summed E-state index contributed by atoms with van der Waals surface area (Å²) in [4.78, 5) is 0. The maximum Gasteiger partial charge on any atom is 0.123 e. The van der Waals surface area contributed by atoms with Crippen LogP contribution in [-0.4, -0.2) is 19.6 Å². The molecule has 0 aliphatic rings.